The largest absolute Gasteiger partial charge is 0.441 e. The van der Waals surface area contributed by atoms with Crippen LogP contribution in [0.1, 0.15) is 16.1 Å². The number of nitrogens with one attached hydrogen (secondary N) is 1. The van der Waals surface area contributed by atoms with Gasteiger partial charge in [-0.05, 0) is 35.7 Å². The minimum absolute atomic E-state index is 0.156. The van der Waals surface area contributed by atoms with E-state index >= 15 is 0 Å². The first-order valence-corrected chi connectivity index (χ1v) is 8.04. The van der Waals surface area contributed by atoms with Gasteiger partial charge in [0.05, 0.1) is 18.3 Å². The van der Waals surface area contributed by atoms with Gasteiger partial charge in [-0.15, -0.1) is 0 Å². The quantitative estimate of drug-likeness (QED) is 0.881. The van der Waals surface area contributed by atoms with Crippen molar-refractivity contribution in [2.75, 3.05) is 18.6 Å². The average molecular weight is 339 g/mol. The summed E-state index contributed by atoms with van der Waals surface area (Å²) in [7, 11) is 1.56. The highest BCUT2D eigenvalue weighted by Crippen LogP contribution is 2.40. The van der Waals surface area contributed by atoms with Crippen molar-refractivity contribution in [2.45, 2.75) is 18.6 Å². The molecule has 0 spiro atoms. The van der Waals surface area contributed by atoms with E-state index in [1.165, 1.54) is 0 Å². The Morgan fingerprint density at radius 3 is 2.84 bits per heavy atom. The number of cyclic esters (lactones) is 1. The van der Waals surface area contributed by atoms with Crippen LogP contribution < -0.4 is 10.2 Å². The number of aromatic nitrogens is 1. The Morgan fingerprint density at radius 2 is 2.16 bits per heavy atom. The minimum Gasteiger partial charge on any atom is -0.441 e. The fourth-order valence-electron chi connectivity index (χ4n) is 3.44. The number of benzene rings is 1. The van der Waals surface area contributed by atoms with Gasteiger partial charge in [-0.25, -0.2) is 4.79 Å². The summed E-state index contributed by atoms with van der Waals surface area (Å²) in [6.07, 6.45) is 1.40. The minimum atomic E-state index is -0.489. The molecule has 7 heteroatoms. The number of carbonyl (C=O) groups is 2. The number of ether oxygens (including phenoxy) is 1. The van der Waals surface area contributed by atoms with Crippen LogP contribution in [0, 0.1) is 0 Å². The number of amides is 2. The molecule has 0 saturated carbocycles. The zero-order chi connectivity index (χ0) is 17.6. The highest BCUT2D eigenvalue weighted by molar-refractivity contribution is 5.94. The fourth-order valence-corrected chi connectivity index (χ4v) is 3.44. The average Bonchev–Trinajstić information content (AvgIpc) is 3.17. The first kappa shape index (κ1) is 15.6. The van der Waals surface area contributed by atoms with Crippen LogP contribution in [0.25, 0.3) is 11.1 Å². The van der Waals surface area contributed by atoms with E-state index in [1.54, 1.807) is 24.2 Å². The zero-order valence-electron chi connectivity index (χ0n) is 13.6. The molecule has 0 aliphatic carbocycles. The molecule has 7 nitrogen and oxygen atoms in total. The molecule has 25 heavy (non-hydrogen) atoms. The van der Waals surface area contributed by atoms with Gasteiger partial charge in [0, 0.05) is 18.8 Å². The molecule has 0 unspecified atom stereocenters. The van der Waals surface area contributed by atoms with Crippen LogP contribution in [0.4, 0.5) is 10.5 Å². The summed E-state index contributed by atoms with van der Waals surface area (Å²) in [6.45, 7) is -0.182. The lowest BCUT2D eigenvalue weighted by molar-refractivity contribution is 0.0830. The number of rotatable bonds is 3. The first-order chi connectivity index (χ1) is 12.1. The smallest absolute Gasteiger partial charge is 0.415 e. The Kier molecular flexibility index (Phi) is 3.65. The van der Waals surface area contributed by atoms with Crippen LogP contribution in [-0.4, -0.2) is 47.9 Å². The van der Waals surface area contributed by atoms with E-state index in [-0.39, 0.29) is 18.6 Å². The predicted molar refractivity (Wildman–Crippen MR) is 90.4 cm³/mol. The number of pyridine rings is 1. The summed E-state index contributed by atoms with van der Waals surface area (Å²) < 4.78 is 5.18. The van der Waals surface area contributed by atoms with E-state index in [0.29, 0.717) is 12.1 Å². The van der Waals surface area contributed by atoms with Crippen LogP contribution >= 0.6 is 0 Å². The van der Waals surface area contributed by atoms with Gasteiger partial charge in [-0.3, -0.25) is 14.7 Å². The molecular weight excluding hydrogens is 322 g/mol. The first-order valence-electron chi connectivity index (χ1n) is 8.04. The maximum Gasteiger partial charge on any atom is 0.415 e. The van der Waals surface area contributed by atoms with Crippen molar-refractivity contribution in [1.29, 1.82) is 0 Å². The lowest BCUT2D eigenvalue weighted by Crippen LogP contribution is -2.34. The number of hydrogen-bond acceptors (Lipinski definition) is 5. The number of carbonyl (C=O) groups excluding carboxylic acids is 2. The van der Waals surface area contributed by atoms with Gasteiger partial charge >= 0.3 is 6.09 Å². The molecule has 1 saturated heterocycles. The number of fused-ring (bicyclic) bond motifs is 3. The third-order valence-electron chi connectivity index (χ3n) is 4.71. The molecule has 0 radical (unpaired) electrons. The van der Waals surface area contributed by atoms with Crippen molar-refractivity contribution >= 4 is 17.7 Å². The molecule has 2 atom stereocenters. The molecule has 1 aromatic heterocycles. The van der Waals surface area contributed by atoms with Gasteiger partial charge in [-0.2, -0.15) is 0 Å². The van der Waals surface area contributed by atoms with Crippen LogP contribution in [-0.2, 0) is 11.2 Å². The molecule has 2 amide bonds. The van der Waals surface area contributed by atoms with Crippen LogP contribution in [0.2, 0.25) is 0 Å². The Morgan fingerprint density at radius 1 is 1.36 bits per heavy atom. The summed E-state index contributed by atoms with van der Waals surface area (Å²) in [5.74, 6) is -0.227. The van der Waals surface area contributed by atoms with Crippen molar-refractivity contribution in [3.05, 3.63) is 47.8 Å². The zero-order valence-corrected chi connectivity index (χ0v) is 13.6. The molecule has 1 aromatic carbocycles. The lowest BCUT2D eigenvalue weighted by atomic mass is 10.0. The summed E-state index contributed by atoms with van der Waals surface area (Å²) in [5, 5.41) is 11.9. The Labute approximate surface area is 144 Å². The second-order valence-corrected chi connectivity index (χ2v) is 6.10. The highest BCUT2D eigenvalue weighted by Gasteiger charge is 2.47. The highest BCUT2D eigenvalue weighted by atomic mass is 16.6. The second-order valence-electron chi connectivity index (χ2n) is 6.10. The SMILES string of the molecule is CNC(=O)c1ccc(-c2ccc3c(c2)C[C@@H]2[C@H](CO)OC(=O)N32)cn1. The van der Waals surface area contributed by atoms with Crippen molar-refractivity contribution in [3.63, 3.8) is 0 Å². The van der Waals surface area contributed by atoms with Crippen LogP contribution in [0.3, 0.4) is 0 Å². The Hall–Kier alpha value is -2.93. The van der Waals surface area contributed by atoms with Crippen molar-refractivity contribution < 1.29 is 19.4 Å². The Balaban J connectivity index is 1.64. The van der Waals surface area contributed by atoms with Gasteiger partial charge in [0.25, 0.3) is 5.91 Å². The molecule has 128 valence electrons. The standard InChI is InChI=1S/C18H17N3O4/c1-19-17(23)13-4-2-11(8-20-13)10-3-5-14-12(6-10)7-15-16(9-22)25-18(24)21(14)15/h2-6,8,15-16,22H,7,9H2,1H3,(H,19,23)/t15-,16+/m1/s1. The van der Waals surface area contributed by atoms with Crippen LogP contribution in [0.15, 0.2) is 36.5 Å². The molecule has 2 aromatic rings. The molecule has 1 fully saturated rings. The van der Waals surface area contributed by atoms with E-state index in [9.17, 15) is 14.7 Å². The maximum absolute atomic E-state index is 12.0. The fraction of sp³-hybridized carbons (Fsp3) is 0.278. The second kappa shape index (κ2) is 5.86. The maximum atomic E-state index is 12.0. The third kappa shape index (κ3) is 2.44. The molecule has 2 N–H and O–H groups in total. The van der Waals surface area contributed by atoms with Gasteiger partial charge in [0.2, 0.25) is 0 Å². The van der Waals surface area contributed by atoms with E-state index in [1.807, 2.05) is 24.3 Å². The molecular formula is C18H17N3O4. The molecule has 2 aliphatic rings. The van der Waals surface area contributed by atoms with Crippen molar-refractivity contribution in [2.24, 2.45) is 0 Å². The molecule has 4 rings (SSSR count). The molecule has 3 heterocycles. The molecule has 2 aliphatic heterocycles. The number of hydrogen-bond donors (Lipinski definition) is 2. The van der Waals surface area contributed by atoms with Crippen molar-refractivity contribution in [3.8, 4) is 11.1 Å². The summed E-state index contributed by atoms with van der Waals surface area (Å²) in [5.41, 5.74) is 4.08. The monoisotopic (exact) mass is 339 g/mol. The Bertz CT molecular complexity index is 850. The van der Waals surface area contributed by atoms with E-state index < -0.39 is 12.2 Å². The number of aliphatic hydroxyl groups excluding tert-OH is 1. The number of anilines is 1. The summed E-state index contributed by atoms with van der Waals surface area (Å²) in [6, 6.07) is 9.19. The van der Waals surface area contributed by atoms with Gasteiger partial charge in [-0.1, -0.05) is 12.1 Å². The topological polar surface area (TPSA) is 91.8 Å². The van der Waals surface area contributed by atoms with Crippen molar-refractivity contribution in [1.82, 2.24) is 10.3 Å². The van der Waals surface area contributed by atoms with Gasteiger partial charge < -0.3 is 15.2 Å². The number of aliphatic hydroxyl groups is 1. The summed E-state index contributed by atoms with van der Waals surface area (Å²) in [4.78, 5) is 29.4. The third-order valence-corrected chi connectivity index (χ3v) is 4.71. The van der Waals surface area contributed by atoms with Crippen LogP contribution in [0.5, 0.6) is 0 Å². The summed E-state index contributed by atoms with van der Waals surface area (Å²) >= 11 is 0. The van der Waals surface area contributed by atoms with Gasteiger partial charge in [0.1, 0.15) is 11.8 Å². The number of nitrogens with zero attached hydrogens (tertiary/aromatic N) is 2. The van der Waals surface area contributed by atoms with E-state index in [4.69, 9.17) is 4.74 Å². The van der Waals surface area contributed by atoms with E-state index in [2.05, 4.69) is 10.3 Å². The normalized spacial score (nSPS) is 20.9. The predicted octanol–water partition coefficient (Wildman–Crippen LogP) is 1.35. The van der Waals surface area contributed by atoms with E-state index in [0.717, 1.165) is 22.4 Å². The molecule has 0 bridgehead atoms. The lowest BCUT2D eigenvalue weighted by Gasteiger charge is -2.14. The van der Waals surface area contributed by atoms with Gasteiger partial charge in [0.15, 0.2) is 0 Å².